The molecular weight excluding hydrogens is 364 g/mol. The van der Waals surface area contributed by atoms with E-state index in [1.165, 1.54) is 0 Å². The number of nitrogens with zero attached hydrogens (tertiary/aromatic N) is 1. The van der Waals surface area contributed by atoms with E-state index in [0.29, 0.717) is 39.0 Å². The number of carbonyl (C=O) groups excluding carboxylic acids is 1. The molecule has 0 bridgehead atoms. The van der Waals surface area contributed by atoms with Gasteiger partial charge in [0.15, 0.2) is 12.2 Å². The molecule has 1 heterocycles. The standard InChI is InChI=1S/C21H15ClN2O3/c22-14-10-11-19-18(12-14)24-21(27-19)16-8-4-5-9-17(16)23-20(25)13-26-15-6-2-1-3-7-15/h1-12H,13H2,(H,23,25). The van der Waals surface area contributed by atoms with E-state index in [4.69, 9.17) is 20.8 Å². The van der Waals surface area contributed by atoms with E-state index in [2.05, 4.69) is 10.3 Å². The van der Waals surface area contributed by atoms with Crippen LogP contribution in [0.5, 0.6) is 5.75 Å². The molecule has 1 aromatic heterocycles. The maximum atomic E-state index is 12.3. The lowest BCUT2D eigenvalue weighted by molar-refractivity contribution is -0.118. The SMILES string of the molecule is O=C(COc1ccccc1)Nc1ccccc1-c1nc2cc(Cl)ccc2o1. The molecule has 4 rings (SSSR count). The van der Waals surface area contributed by atoms with Gasteiger partial charge in [-0.3, -0.25) is 4.79 Å². The van der Waals surface area contributed by atoms with Crippen molar-refractivity contribution >= 4 is 34.3 Å². The van der Waals surface area contributed by atoms with Gasteiger partial charge in [0.25, 0.3) is 5.91 Å². The van der Waals surface area contributed by atoms with Crippen LogP contribution in [0.15, 0.2) is 77.2 Å². The average Bonchev–Trinajstić information content (AvgIpc) is 3.10. The molecule has 0 saturated heterocycles. The smallest absolute Gasteiger partial charge is 0.262 e. The van der Waals surface area contributed by atoms with Crippen molar-refractivity contribution in [2.75, 3.05) is 11.9 Å². The van der Waals surface area contributed by atoms with E-state index in [0.717, 1.165) is 0 Å². The fourth-order valence-electron chi connectivity index (χ4n) is 2.65. The summed E-state index contributed by atoms with van der Waals surface area (Å²) in [7, 11) is 0. The van der Waals surface area contributed by atoms with Gasteiger partial charge in [-0.05, 0) is 42.5 Å². The molecule has 134 valence electrons. The Hall–Kier alpha value is -3.31. The second-order valence-electron chi connectivity index (χ2n) is 5.83. The topological polar surface area (TPSA) is 64.4 Å². The van der Waals surface area contributed by atoms with Crippen molar-refractivity contribution in [1.82, 2.24) is 4.98 Å². The highest BCUT2D eigenvalue weighted by Crippen LogP contribution is 2.31. The van der Waals surface area contributed by atoms with Crippen molar-refractivity contribution in [3.05, 3.63) is 77.8 Å². The summed E-state index contributed by atoms with van der Waals surface area (Å²) in [5.74, 6) is 0.773. The van der Waals surface area contributed by atoms with Crippen LogP contribution in [0.3, 0.4) is 0 Å². The maximum absolute atomic E-state index is 12.3. The number of oxazole rings is 1. The van der Waals surface area contributed by atoms with Crippen LogP contribution in [-0.4, -0.2) is 17.5 Å². The van der Waals surface area contributed by atoms with Gasteiger partial charge in [-0.25, -0.2) is 4.98 Å². The quantitative estimate of drug-likeness (QED) is 0.520. The number of benzene rings is 3. The van der Waals surface area contributed by atoms with Gasteiger partial charge < -0.3 is 14.5 Å². The highest BCUT2D eigenvalue weighted by atomic mass is 35.5. The molecule has 1 N–H and O–H groups in total. The predicted octanol–water partition coefficient (Wildman–Crippen LogP) is 5.17. The fraction of sp³-hybridized carbons (Fsp3) is 0.0476. The van der Waals surface area contributed by atoms with Crippen molar-refractivity contribution in [2.45, 2.75) is 0 Å². The summed E-state index contributed by atoms with van der Waals surface area (Å²) >= 11 is 6.01. The number of hydrogen-bond acceptors (Lipinski definition) is 4. The maximum Gasteiger partial charge on any atom is 0.262 e. The first-order chi connectivity index (χ1) is 13.2. The van der Waals surface area contributed by atoms with E-state index < -0.39 is 0 Å². The van der Waals surface area contributed by atoms with Gasteiger partial charge in [-0.2, -0.15) is 0 Å². The number of anilines is 1. The Kier molecular flexibility index (Phi) is 4.77. The number of para-hydroxylation sites is 2. The van der Waals surface area contributed by atoms with E-state index >= 15 is 0 Å². The van der Waals surface area contributed by atoms with E-state index in [1.54, 1.807) is 36.4 Å². The predicted molar refractivity (Wildman–Crippen MR) is 105 cm³/mol. The molecule has 1 amide bonds. The highest BCUT2D eigenvalue weighted by molar-refractivity contribution is 6.31. The summed E-state index contributed by atoms with van der Waals surface area (Å²) in [6.07, 6.45) is 0. The lowest BCUT2D eigenvalue weighted by Gasteiger charge is -2.10. The molecule has 4 aromatic rings. The molecule has 27 heavy (non-hydrogen) atoms. The molecule has 0 unspecified atom stereocenters. The van der Waals surface area contributed by atoms with E-state index in [-0.39, 0.29) is 12.5 Å². The van der Waals surface area contributed by atoms with Gasteiger partial charge >= 0.3 is 0 Å². The van der Waals surface area contributed by atoms with Gasteiger partial charge in [-0.1, -0.05) is 41.9 Å². The summed E-state index contributed by atoms with van der Waals surface area (Å²) in [6.45, 7) is -0.0957. The zero-order valence-corrected chi connectivity index (χ0v) is 14.9. The van der Waals surface area contributed by atoms with Crippen LogP contribution in [0.4, 0.5) is 5.69 Å². The monoisotopic (exact) mass is 378 g/mol. The van der Waals surface area contributed by atoms with Crippen LogP contribution in [0.2, 0.25) is 5.02 Å². The molecule has 0 fully saturated rings. The lowest BCUT2D eigenvalue weighted by Crippen LogP contribution is -2.20. The second-order valence-corrected chi connectivity index (χ2v) is 6.26. The molecule has 0 aliphatic rings. The Bertz CT molecular complexity index is 1090. The Morgan fingerprint density at radius 2 is 1.81 bits per heavy atom. The van der Waals surface area contributed by atoms with E-state index in [1.807, 2.05) is 36.4 Å². The largest absolute Gasteiger partial charge is 0.484 e. The zero-order valence-electron chi connectivity index (χ0n) is 14.2. The summed E-state index contributed by atoms with van der Waals surface area (Å²) in [5, 5.41) is 3.43. The van der Waals surface area contributed by atoms with E-state index in [9.17, 15) is 4.79 Å². The molecule has 3 aromatic carbocycles. The normalized spacial score (nSPS) is 10.7. The number of aromatic nitrogens is 1. The van der Waals surface area contributed by atoms with Crippen molar-refractivity contribution in [2.24, 2.45) is 0 Å². The van der Waals surface area contributed by atoms with Gasteiger partial charge in [0, 0.05) is 5.02 Å². The number of carbonyl (C=O) groups is 1. The van der Waals surface area contributed by atoms with Crippen LogP contribution < -0.4 is 10.1 Å². The number of ether oxygens (including phenoxy) is 1. The van der Waals surface area contributed by atoms with Crippen molar-refractivity contribution < 1.29 is 13.9 Å². The first kappa shape index (κ1) is 17.1. The van der Waals surface area contributed by atoms with Crippen LogP contribution in [-0.2, 0) is 4.79 Å². The lowest BCUT2D eigenvalue weighted by atomic mass is 10.1. The number of hydrogen-bond donors (Lipinski definition) is 1. The van der Waals surface area contributed by atoms with Crippen molar-refractivity contribution in [3.8, 4) is 17.2 Å². The fourth-order valence-corrected chi connectivity index (χ4v) is 2.81. The van der Waals surface area contributed by atoms with Gasteiger partial charge in [0.05, 0.1) is 11.3 Å². The first-order valence-corrected chi connectivity index (χ1v) is 8.70. The van der Waals surface area contributed by atoms with Crippen molar-refractivity contribution in [3.63, 3.8) is 0 Å². The summed E-state index contributed by atoms with van der Waals surface area (Å²) < 4.78 is 11.3. The Balaban J connectivity index is 1.54. The third kappa shape index (κ3) is 3.93. The minimum absolute atomic E-state index is 0.0957. The zero-order chi connectivity index (χ0) is 18.6. The van der Waals surface area contributed by atoms with Crippen LogP contribution in [0.1, 0.15) is 0 Å². The van der Waals surface area contributed by atoms with Crippen LogP contribution in [0.25, 0.3) is 22.6 Å². The Labute approximate surface area is 160 Å². The van der Waals surface area contributed by atoms with Gasteiger partial charge in [0.1, 0.15) is 11.3 Å². The van der Waals surface area contributed by atoms with Crippen molar-refractivity contribution in [1.29, 1.82) is 0 Å². The van der Waals surface area contributed by atoms with Gasteiger partial charge in [0.2, 0.25) is 5.89 Å². The third-order valence-electron chi connectivity index (χ3n) is 3.89. The summed E-state index contributed by atoms with van der Waals surface area (Å²) in [5.41, 5.74) is 2.56. The molecule has 0 spiro atoms. The molecule has 0 radical (unpaired) electrons. The number of halogens is 1. The Morgan fingerprint density at radius 1 is 1.04 bits per heavy atom. The Morgan fingerprint density at radius 3 is 2.67 bits per heavy atom. The van der Waals surface area contributed by atoms with Crippen LogP contribution in [0, 0.1) is 0 Å². The molecule has 0 aliphatic heterocycles. The highest BCUT2D eigenvalue weighted by Gasteiger charge is 2.14. The minimum atomic E-state index is -0.273. The van der Waals surface area contributed by atoms with Gasteiger partial charge in [-0.15, -0.1) is 0 Å². The number of amides is 1. The molecule has 6 heteroatoms. The molecular formula is C21H15ClN2O3. The van der Waals surface area contributed by atoms with Crippen LogP contribution >= 0.6 is 11.6 Å². The summed E-state index contributed by atoms with van der Waals surface area (Å²) in [6, 6.07) is 21.7. The minimum Gasteiger partial charge on any atom is -0.484 e. The second kappa shape index (κ2) is 7.51. The number of fused-ring (bicyclic) bond motifs is 1. The number of rotatable bonds is 5. The average molecular weight is 379 g/mol. The number of nitrogens with one attached hydrogen (secondary N) is 1. The first-order valence-electron chi connectivity index (χ1n) is 8.32. The molecule has 0 atom stereocenters. The molecule has 0 aliphatic carbocycles. The molecule has 5 nitrogen and oxygen atoms in total. The third-order valence-corrected chi connectivity index (χ3v) is 4.13. The molecule has 0 saturated carbocycles. The summed E-state index contributed by atoms with van der Waals surface area (Å²) in [4.78, 5) is 16.8.